The number of ether oxygens (including phenoxy) is 1. The first kappa shape index (κ1) is 20.0. The summed E-state index contributed by atoms with van der Waals surface area (Å²) in [7, 11) is -3.37. The molecule has 27 heavy (non-hydrogen) atoms. The minimum absolute atomic E-state index is 0.0560. The van der Waals surface area contributed by atoms with Gasteiger partial charge >= 0.3 is 0 Å². The van der Waals surface area contributed by atoms with Crippen LogP contribution in [0.15, 0.2) is 41.7 Å². The van der Waals surface area contributed by atoms with Crippen molar-refractivity contribution >= 4 is 9.84 Å². The van der Waals surface area contributed by atoms with Crippen LogP contribution in [0.2, 0.25) is 0 Å². The zero-order valence-corrected chi connectivity index (χ0v) is 17.2. The Morgan fingerprint density at radius 2 is 1.81 bits per heavy atom. The summed E-state index contributed by atoms with van der Waals surface area (Å²) < 4.78 is 32.7. The fraction of sp³-hybridized carbons (Fsp3) is 0.550. The monoisotopic (exact) mass is 391 g/mol. The van der Waals surface area contributed by atoms with Crippen LogP contribution >= 0.6 is 0 Å². The Kier molecular flexibility index (Phi) is 6.34. The second-order valence-electron chi connectivity index (χ2n) is 7.27. The van der Waals surface area contributed by atoms with Crippen LogP contribution in [-0.2, 0) is 34.1 Å². The van der Waals surface area contributed by atoms with Gasteiger partial charge in [0.1, 0.15) is 0 Å². The highest BCUT2D eigenvalue weighted by atomic mass is 32.2. The molecule has 1 aliphatic heterocycles. The topological polar surface area (TPSA) is 64.4 Å². The number of imidazole rings is 1. The van der Waals surface area contributed by atoms with E-state index in [0.717, 1.165) is 25.2 Å². The van der Waals surface area contributed by atoms with Gasteiger partial charge in [0.2, 0.25) is 15.0 Å². The normalized spacial score (nSPS) is 21.4. The third-order valence-corrected chi connectivity index (χ3v) is 6.55. The van der Waals surface area contributed by atoms with E-state index < -0.39 is 9.84 Å². The van der Waals surface area contributed by atoms with Gasteiger partial charge in [-0.15, -0.1) is 0 Å². The summed E-state index contributed by atoms with van der Waals surface area (Å²) in [5.74, 6) is 0.0560. The molecule has 148 valence electrons. The lowest BCUT2D eigenvalue weighted by Crippen LogP contribution is -2.45. The third kappa shape index (κ3) is 4.97. The van der Waals surface area contributed by atoms with Crippen LogP contribution in [0.1, 0.15) is 32.0 Å². The van der Waals surface area contributed by atoms with Crippen LogP contribution in [0.3, 0.4) is 0 Å². The summed E-state index contributed by atoms with van der Waals surface area (Å²) in [5.41, 5.74) is 2.13. The van der Waals surface area contributed by atoms with Crippen molar-refractivity contribution in [1.29, 1.82) is 0 Å². The highest BCUT2D eigenvalue weighted by molar-refractivity contribution is 7.91. The maximum absolute atomic E-state index is 12.5. The number of rotatable bonds is 7. The van der Waals surface area contributed by atoms with Gasteiger partial charge in [0, 0.05) is 26.2 Å². The summed E-state index contributed by atoms with van der Waals surface area (Å²) in [6, 6.07) is 10.1. The maximum Gasteiger partial charge on any atom is 0.227 e. The number of nitrogens with zero attached hydrogens (tertiary/aromatic N) is 3. The molecule has 2 atom stereocenters. The molecule has 0 unspecified atom stereocenters. The van der Waals surface area contributed by atoms with Crippen molar-refractivity contribution in [1.82, 2.24) is 14.5 Å². The van der Waals surface area contributed by atoms with E-state index in [1.165, 1.54) is 5.56 Å². The van der Waals surface area contributed by atoms with E-state index in [-0.39, 0.29) is 23.1 Å². The van der Waals surface area contributed by atoms with Gasteiger partial charge in [0.05, 0.1) is 29.9 Å². The van der Waals surface area contributed by atoms with Crippen molar-refractivity contribution in [2.75, 3.05) is 18.8 Å². The predicted octanol–water partition coefficient (Wildman–Crippen LogP) is 2.53. The largest absolute Gasteiger partial charge is 0.373 e. The van der Waals surface area contributed by atoms with Crippen LogP contribution in [0, 0.1) is 0 Å². The van der Waals surface area contributed by atoms with E-state index in [1.807, 2.05) is 22.8 Å². The molecular weight excluding hydrogens is 362 g/mol. The average Bonchev–Trinajstić information content (AvgIpc) is 3.03. The number of sulfone groups is 1. The fourth-order valence-electron chi connectivity index (χ4n) is 3.66. The summed E-state index contributed by atoms with van der Waals surface area (Å²) in [6.45, 7) is 8.76. The average molecular weight is 392 g/mol. The fourth-order valence-corrected chi connectivity index (χ4v) is 4.68. The lowest BCUT2D eigenvalue weighted by molar-refractivity contribution is -0.0710. The van der Waals surface area contributed by atoms with Gasteiger partial charge in [-0.2, -0.15) is 0 Å². The number of morpholine rings is 1. The highest BCUT2D eigenvalue weighted by Gasteiger charge is 2.26. The molecule has 0 radical (unpaired) electrons. The second kappa shape index (κ2) is 8.54. The molecule has 0 amide bonds. The zero-order chi connectivity index (χ0) is 19.4. The molecule has 2 heterocycles. The van der Waals surface area contributed by atoms with E-state index in [9.17, 15) is 8.42 Å². The first-order valence-electron chi connectivity index (χ1n) is 9.58. The maximum atomic E-state index is 12.5. The molecule has 6 nitrogen and oxygen atoms in total. The van der Waals surface area contributed by atoms with E-state index in [0.29, 0.717) is 13.1 Å². The molecule has 0 spiro atoms. The Morgan fingerprint density at radius 1 is 1.15 bits per heavy atom. The van der Waals surface area contributed by atoms with E-state index in [4.69, 9.17) is 4.74 Å². The van der Waals surface area contributed by atoms with Crippen LogP contribution < -0.4 is 0 Å². The van der Waals surface area contributed by atoms with Crippen LogP contribution in [0.4, 0.5) is 0 Å². The number of aromatic nitrogens is 2. The molecule has 1 saturated heterocycles. The molecule has 2 aromatic rings. The molecule has 7 heteroatoms. The Hall–Kier alpha value is -1.70. The SMILES string of the molecule is CCS(=O)(=O)c1ncc(CN2C[C@@H](C)O[C@@H](C)C2)n1CCc1ccccc1. The molecule has 0 bridgehead atoms. The number of aryl methyl sites for hydroxylation is 1. The summed E-state index contributed by atoms with van der Waals surface area (Å²) in [5, 5.41) is 0.185. The van der Waals surface area contributed by atoms with E-state index in [2.05, 4.69) is 35.9 Å². The molecule has 1 aromatic carbocycles. The third-order valence-electron chi connectivity index (χ3n) is 4.91. The Balaban J connectivity index is 1.84. The zero-order valence-electron chi connectivity index (χ0n) is 16.3. The summed E-state index contributed by atoms with van der Waals surface area (Å²) in [6.07, 6.45) is 2.84. The van der Waals surface area contributed by atoms with E-state index in [1.54, 1.807) is 13.1 Å². The summed E-state index contributed by atoms with van der Waals surface area (Å²) >= 11 is 0. The van der Waals surface area contributed by atoms with Gasteiger partial charge in [-0.05, 0) is 25.8 Å². The molecule has 1 aliphatic rings. The standard InChI is InChI=1S/C20H29N3O3S/c1-4-27(24,25)20-21-12-19(15-22-13-16(2)26-17(3)14-22)23(20)11-10-18-8-6-5-7-9-18/h5-9,12,16-17H,4,10-11,13-15H2,1-3H3/t16-,17+. The van der Waals surface area contributed by atoms with Crippen molar-refractivity contribution in [3.63, 3.8) is 0 Å². The number of hydrogen-bond acceptors (Lipinski definition) is 5. The minimum atomic E-state index is -3.37. The summed E-state index contributed by atoms with van der Waals surface area (Å²) in [4.78, 5) is 6.61. The predicted molar refractivity (Wildman–Crippen MR) is 105 cm³/mol. The minimum Gasteiger partial charge on any atom is -0.373 e. The van der Waals surface area contributed by atoms with Crippen molar-refractivity contribution in [2.45, 2.75) is 57.6 Å². The number of benzene rings is 1. The Labute approximate surface area is 162 Å². The molecule has 3 rings (SSSR count). The molecule has 1 fully saturated rings. The molecular formula is C20H29N3O3S. The van der Waals surface area contributed by atoms with Crippen LogP contribution in [0.25, 0.3) is 0 Å². The second-order valence-corrected chi connectivity index (χ2v) is 9.45. The first-order chi connectivity index (χ1) is 12.9. The molecule has 1 aromatic heterocycles. The van der Waals surface area contributed by atoms with Gasteiger partial charge in [0.25, 0.3) is 0 Å². The van der Waals surface area contributed by atoms with Crippen LogP contribution in [-0.4, -0.2) is 53.9 Å². The Bertz CT molecular complexity index is 839. The smallest absolute Gasteiger partial charge is 0.227 e. The van der Waals surface area contributed by atoms with E-state index >= 15 is 0 Å². The molecule has 0 saturated carbocycles. The van der Waals surface area contributed by atoms with Gasteiger partial charge in [-0.25, -0.2) is 13.4 Å². The first-order valence-corrected chi connectivity index (χ1v) is 11.2. The van der Waals surface area contributed by atoms with Crippen molar-refractivity contribution in [3.05, 3.63) is 47.8 Å². The van der Waals surface area contributed by atoms with Crippen LogP contribution in [0.5, 0.6) is 0 Å². The van der Waals surface area contributed by atoms with Crippen molar-refractivity contribution in [2.24, 2.45) is 0 Å². The van der Waals surface area contributed by atoms with Gasteiger partial charge in [-0.1, -0.05) is 37.3 Å². The van der Waals surface area contributed by atoms with Gasteiger partial charge in [0.15, 0.2) is 0 Å². The number of hydrogen-bond donors (Lipinski definition) is 0. The lowest BCUT2D eigenvalue weighted by atomic mass is 10.1. The highest BCUT2D eigenvalue weighted by Crippen LogP contribution is 2.19. The molecule has 0 N–H and O–H groups in total. The Morgan fingerprint density at radius 3 is 2.44 bits per heavy atom. The van der Waals surface area contributed by atoms with Gasteiger partial charge < -0.3 is 9.30 Å². The molecule has 0 aliphatic carbocycles. The lowest BCUT2D eigenvalue weighted by Gasteiger charge is -2.35. The quantitative estimate of drug-likeness (QED) is 0.726. The van der Waals surface area contributed by atoms with Gasteiger partial charge in [-0.3, -0.25) is 4.90 Å². The van der Waals surface area contributed by atoms with Crippen molar-refractivity contribution in [3.8, 4) is 0 Å². The van der Waals surface area contributed by atoms with Crippen molar-refractivity contribution < 1.29 is 13.2 Å².